The Morgan fingerprint density at radius 3 is 2.53 bits per heavy atom. The highest BCUT2D eigenvalue weighted by Gasteiger charge is 2.24. The Balaban J connectivity index is 4.06. The average Bonchev–Trinajstić information content (AvgIpc) is 2.14. The van der Waals surface area contributed by atoms with Gasteiger partial charge >= 0.3 is 5.97 Å². The van der Waals surface area contributed by atoms with Gasteiger partial charge in [-0.15, -0.1) is 0 Å². The summed E-state index contributed by atoms with van der Waals surface area (Å²) in [6.07, 6.45) is -0.507. The first kappa shape index (κ1) is 14.1. The molecule has 0 aliphatic carbocycles. The zero-order chi connectivity index (χ0) is 12.1. The van der Waals surface area contributed by atoms with Gasteiger partial charge in [-0.3, -0.25) is 0 Å². The monoisotopic (exact) mass is 215 g/mol. The van der Waals surface area contributed by atoms with Gasteiger partial charge in [-0.2, -0.15) is 0 Å². The summed E-state index contributed by atoms with van der Waals surface area (Å²) in [5.41, 5.74) is -0.0827. The molecule has 0 aromatic rings. The van der Waals surface area contributed by atoms with E-state index >= 15 is 0 Å². The fourth-order valence-electron chi connectivity index (χ4n) is 0.788. The topological polar surface area (TPSA) is 58.6 Å². The lowest BCUT2D eigenvalue weighted by Crippen LogP contribution is -2.49. The van der Waals surface area contributed by atoms with Crippen molar-refractivity contribution >= 4 is 5.97 Å². The first-order chi connectivity index (χ1) is 6.81. The van der Waals surface area contributed by atoms with Crippen LogP contribution in [0.3, 0.4) is 0 Å². The third-order valence-corrected chi connectivity index (χ3v) is 2.37. The van der Waals surface area contributed by atoms with Crippen LogP contribution in [0.2, 0.25) is 0 Å². The van der Waals surface area contributed by atoms with Crippen LogP contribution >= 0.6 is 0 Å². The van der Waals surface area contributed by atoms with Crippen LogP contribution in [0.4, 0.5) is 0 Å². The number of carbonyl (C=O) groups excluding carboxylic acids is 1. The van der Waals surface area contributed by atoms with E-state index in [4.69, 9.17) is 4.74 Å². The molecule has 88 valence electrons. The van der Waals surface area contributed by atoms with E-state index in [1.165, 1.54) is 0 Å². The van der Waals surface area contributed by atoms with Crippen molar-refractivity contribution in [3.8, 4) is 0 Å². The van der Waals surface area contributed by atoms with E-state index in [1.807, 2.05) is 13.8 Å². The maximum absolute atomic E-state index is 11.2. The number of aliphatic hydroxyl groups is 1. The average molecular weight is 215 g/mol. The number of rotatable bonds is 6. The number of esters is 1. The van der Waals surface area contributed by atoms with E-state index < -0.39 is 17.6 Å². The molecule has 0 fully saturated rings. The van der Waals surface area contributed by atoms with Crippen molar-refractivity contribution in [3.63, 3.8) is 0 Å². The van der Waals surface area contributed by atoms with Gasteiger partial charge in [-0.05, 0) is 27.7 Å². The van der Waals surface area contributed by atoms with Crippen LogP contribution in [0.1, 0.15) is 27.7 Å². The summed E-state index contributed by atoms with van der Waals surface area (Å²) >= 11 is 0. The molecule has 0 spiro atoms. The number of hydrogen-bond acceptors (Lipinski definition) is 4. The summed E-state index contributed by atoms with van der Waals surface area (Å²) in [7, 11) is 0. The number of nitrogens with one attached hydrogen (secondary N) is 1. The number of aliphatic hydroxyl groups excluding tert-OH is 1. The van der Waals surface area contributed by atoms with Crippen molar-refractivity contribution in [2.75, 3.05) is 13.2 Å². The summed E-state index contributed by atoms with van der Waals surface area (Å²) in [4.78, 5) is 11.2. The van der Waals surface area contributed by atoms with E-state index in [1.54, 1.807) is 13.8 Å². The Morgan fingerprint density at radius 1 is 1.60 bits per heavy atom. The van der Waals surface area contributed by atoms with E-state index in [0.29, 0.717) is 18.7 Å². The quantitative estimate of drug-likeness (QED) is 0.509. The van der Waals surface area contributed by atoms with Crippen molar-refractivity contribution in [2.45, 2.75) is 39.3 Å². The molecule has 0 aromatic carbocycles. The molecular formula is C11H21NO3. The fourth-order valence-corrected chi connectivity index (χ4v) is 0.788. The molecule has 4 nitrogen and oxygen atoms in total. The molecule has 0 saturated carbocycles. The van der Waals surface area contributed by atoms with Crippen LogP contribution in [0.5, 0.6) is 0 Å². The van der Waals surface area contributed by atoms with E-state index in [-0.39, 0.29) is 0 Å². The van der Waals surface area contributed by atoms with Gasteiger partial charge in [0.15, 0.2) is 0 Å². The van der Waals surface area contributed by atoms with Crippen molar-refractivity contribution in [1.82, 2.24) is 5.32 Å². The van der Waals surface area contributed by atoms with Gasteiger partial charge in [0.1, 0.15) is 0 Å². The lowest BCUT2D eigenvalue weighted by atomic mass is 9.98. The normalized spacial score (nSPS) is 13.4. The highest BCUT2D eigenvalue weighted by atomic mass is 16.5. The van der Waals surface area contributed by atoms with Gasteiger partial charge in [-0.1, -0.05) is 6.58 Å². The zero-order valence-corrected chi connectivity index (χ0v) is 9.96. The highest BCUT2D eigenvalue weighted by Crippen LogP contribution is 2.08. The summed E-state index contributed by atoms with van der Waals surface area (Å²) in [6.45, 7) is 11.4. The van der Waals surface area contributed by atoms with Gasteiger partial charge in [0.2, 0.25) is 0 Å². The largest absolute Gasteiger partial charge is 0.463 e. The Labute approximate surface area is 91.3 Å². The number of hydrogen-bond donors (Lipinski definition) is 2. The van der Waals surface area contributed by atoms with Crippen LogP contribution < -0.4 is 5.32 Å². The smallest absolute Gasteiger partial charge is 0.334 e. The fraction of sp³-hybridized carbons (Fsp3) is 0.727. The van der Waals surface area contributed by atoms with E-state index in [2.05, 4.69) is 11.9 Å². The van der Waals surface area contributed by atoms with Gasteiger partial charge in [0.05, 0.1) is 12.7 Å². The Bertz CT molecular complexity index is 234. The van der Waals surface area contributed by atoms with E-state index in [9.17, 15) is 9.90 Å². The van der Waals surface area contributed by atoms with Crippen molar-refractivity contribution < 1.29 is 14.6 Å². The molecule has 0 bridgehead atoms. The molecule has 1 atom stereocenters. The molecule has 4 heteroatoms. The standard InChI is InChI=1S/C11H21NO3/c1-6-15-10(14)8(2)7-12-11(4,5)9(3)13/h9,12-13H,2,6-7H2,1,3-5H3. The molecule has 0 aliphatic heterocycles. The third-order valence-electron chi connectivity index (χ3n) is 2.37. The van der Waals surface area contributed by atoms with Gasteiger partial charge < -0.3 is 15.2 Å². The first-order valence-corrected chi connectivity index (χ1v) is 5.09. The summed E-state index contributed by atoms with van der Waals surface area (Å²) in [5, 5.41) is 12.5. The minimum atomic E-state index is -0.507. The lowest BCUT2D eigenvalue weighted by molar-refractivity contribution is -0.138. The minimum absolute atomic E-state index is 0.316. The SMILES string of the molecule is C=C(CNC(C)(C)C(C)O)C(=O)OCC. The van der Waals surface area contributed by atoms with Crippen molar-refractivity contribution in [1.29, 1.82) is 0 Å². The predicted octanol–water partition coefficient (Wildman–Crippen LogP) is 0.855. The summed E-state index contributed by atoms with van der Waals surface area (Å²) in [5.74, 6) is -0.397. The second kappa shape index (κ2) is 5.88. The Hall–Kier alpha value is -0.870. The maximum Gasteiger partial charge on any atom is 0.334 e. The third kappa shape index (κ3) is 4.95. The maximum atomic E-state index is 11.2. The van der Waals surface area contributed by atoms with Crippen LogP contribution in [-0.2, 0) is 9.53 Å². The van der Waals surface area contributed by atoms with Crippen LogP contribution in [0, 0.1) is 0 Å². The molecule has 15 heavy (non-hydrogen) atoms. The predicted molar refractivity (Wildman–Crippen MR) is 59.5 cm³/mol. The second-order valence-electron chi connectivity index (χ2n) is 4.08. The van der Waals surface area contributed by atoms with Crippen LogP contribution in [-0.4, -0.2) is 35.9 Å². The Kier molecular flexibility index (Phi) is 5.54. The molecule has 0 aliphatic rings. The second-order valence-corrected chi connectivity index (χ2v) is 4.08. The molecule has 0 heterocycles. The van der Waals surface area contributed by atoms with Crippen LogP contribution in [0.15, 0.2) is 12.2 Å². The van der Waals surface area contributed by atoms with E-state index in [0.717, 1.165) is 0 Å². The van der Waals surface area contributed by atoms with Crippen molar-refractivity contribution in [3.05, 3.63) is 12.2 Å². The highest BCUT2D eigenvalue weighted by molar-refractivity contribution is 5.88. The molecule has 2 N–H and O–H groups in total. The molecular weight excluding hydrogens is 194 g/mol. The molecule has 0 aromatic heterocycles. The molecule has 0 saturated heterocycles. The number of ether oxygens (including phenoxy) is 1. The van der Waals surface area contributed by atoms with Crippen molar-refractivity contribution in [2.24, 2.45) is 0 Å². The molecule has 0 rings (SSSR count). The minimum Gasteiger partial charge on any atom is -0.463 e. The lowest BCUT2D eigenvalue weighted by Gasteiger charge is -2.29. The number of carbonyl (C=O) groups is 1. The Morgan fingerprint density at radius 2 is 2.13 bits per heavy atom. The first-order valence-electron chi connectivity index (χ1n) is 5.09. The summed E-state index contributed by atoms with van der Waals surface area (Å²) < 4.78 is 4.79. The van der Waals surface area contributed by atoms with Gasteiger partial charge in [0, 0.05) is 17.7 Å². The zero-order valence-electron chi connectivity index (χ0n) is 9.96. The van der Waals surface area contributed by atoms with Gasteiger partial charge in [0.25, 0.3) is 0 Å². The molecule has 1 unspecified atom stereocenters. The van der Waals surface area contributed by atoms with Crippen LogP contribution in [0.25, 0.3) is 0 Å². The molecule has 0 radical (unpaired) electrons. The van der Waals surface area contributed by atoms with Gasteiger partial charge in [-0.25, -0.2) is 4.79 Å². The molecule has 0 amide bonds. The summed E-state index contributed by atoms with van der Waals surface area (Å²) in [6, 6.07) is 0.